The summed E-state index contributed by atoms with van der Waals surface area (Å²) in [6.07, 6.45) is 4.66. The summed E-state index contributed by atoms with van der Waals surface area (Å²) in [7, 11) is 0. The number of phenols is 2. The van der Waals surface area contributed by atoms with Gasteiger partial charge in [-0.3, -0.25) is 9.59 Å². The molecule has 2 fully saturated rings. The van der Waals surface area contributed by atoms with Crippen molar-refractivity contribution in [1.82, 2.24) is 0 Å². The Morgan fingerprint density at radius 2 is 1.70 bits per heavy atom. The summed E-state index contributed by atoms with van der Waals surface area (Å²) in [5, 5.41) is 21.5. The van der Waals surface area contributed by atoms with E-state index in [1.54, 1.807) is 0 Å². The maximum Gasteiger partial charge on any atom is 0.157 e. The van der Waals surface area contributed by atoms with Gasteiger partial charge in [0.05, 0.1) is 11.1 Å². The SMILES string of the molecule is CC(C)[C@]12CC[C@]3(C[C@@H](c4ccccc4)c4c(O)c(C=O)c(O)c(C=O)c4O3)[C@H]1C2. The Balaban J connectivity index is 1.74. The molecule has 2 aliphatic carbocycles. The molecule has 5 nitrogen and oxygen atoms in total. The van der Waals surface area contributed by atoms with E-state index in [4.69, 9.17) is 4.74 Å². The van der Waals surface area contributed by atoms with E-state index >= 15 is 0 Å². The van der Waals surface area contributed by atoms with Crippen LogP contribution in [0.15, 0.2) is 30.3 Å². The molecular weight excluding hydrogens is 380 g/mol. The van der Waals surface area contributed by atoms with Crippen molar-refractivity contribution in [3.05, 3.63) is 52.6 Å². The first kappa shape index (κ1) is 19.2. The molecule has 4 atom stereocenters. The quantitative estimate of drug-likeness (QED) is 0.711. The lowest BCUT2D eigenvalue weighted by Crippen LogP contribution is -2.42. The molecule has 2 aromatic carbocycles. The van der Waals surface area contributed by atoms with Crippen molar-refractivity contribution in [2.45, 2.75) is 51.0 Å². The largest absolute Gasteiger partial charge is 0.507 e. The second-order valence-corrected chi connectivity index (χ2v) is 9.48. The number of aldehydes is 2. The number of rotatable bonds is 4. The zero-order valence-corrected chi connectivity index (χ0v) is 17.2. The van der Waals surface area contributed by atoms with Crippen molar-refractivity contribution in [3.8, 4) is 17.2 Å². The molecule has 156 valence electrons. The maximum absolute atomic E-state index is 12.0. The van der Waals surface area contributed by atoms with Gasteiger partial charge in [-0.25, -0.2) is 0 Å². The molecule has 0 amide bonds. The first-order valence-corrected chi connectivity index (χ1v) is 10.6. The molecule has 2 N–H and O–H groups in total. The number of benzene rings is 2. The van der Waals surface area contributed by atoms with Crippen LogP contribution in [0, 0.1) is 17.3 Å². The van der Waals surface area contributed by atoms with Crippen molar-refractivity contribution in [3.63, 3.8) is 0 Å². The predicted molar refractivity (Wildman–Crippen MR) is 111 cm³/mol. The van der Waals surface area contributed by atoms with Crippen molar-refractivity contribution in [2.75, 3.05) is 0 Å². The first-order valence-electron chi connectivity index (χ1n) is 10.6. The summed E-state index contributed by atoms with van der Waals surface area (Å²) in [5.74, 6) is 0.138. The molecule has 5 rings (SSSR count). The van der Waals surface area contributed by atoms with Crippen LogP contribution >= 0.6 is 0 Å². The Kier molecular flexibility index (Phi) is 4.05. The number of hydrogen-bond donors (Lipinski definition) is 2. The van der Waals surface area contributed by atoms with E-state index in [2.05, 4.69) is 13.8 Å². The van der Waals surface area contributed by atoms with Crippen LogP contribution < -0.4 is 4.74 Å². The fourth-order valence-electron chi connectivity index (χ4n) is 6.30. The minimum Gasteiger partial charge on any atom is -0.507 e. The van der Waals surface area contributed by atoms with E-state index in [1.807, 2.05) is 30.3 Å². The zero-order chi connectivity index (χ0) is 21.3. The highest BCUT2D eigenvalue weighted by molar-refractivity contribution is 5.95. The zero-order valence-electron chi connectivity index (χ0n) is 17.2. The van der Waals surface area contributed by atoms with Gasteiger partial charge in [-0.15, -0.1) is 0 Å². The van der Waals surface area contributed by atoms with Gasteiger partial charge in [0, 0.05) is 17.4 Å². The monoisotopic (exact) mass is 406 g/mol. The number of ether oxygens (including phenoxy) is 1. The summed E-state index contributed by atoms with van der Waals surface area (Å²) in [4.78, 5) is 23.5. The van der Waals surface area contributed by atoms with Gasteiger partial charge < -0.3 is 14.9 Å². The summed E-state index contributed by atoms with van der Waals surface area (Å²) in [6, 6.07) is 9.82. The van der Waals surface area contributed by atoms with Crippen LogP contribution in [0.25, 0.3) is 0 Å². The number of phenolic OH excluding ortho intramolecular Hbond substituents is 2. The van der Waals surface area contributed by atoms with Crippen molar-refractivity contribution >= 4 is 12.6 Å². The number of aromatic hydroxyl groups is 2. The summed E-state index contributed by atoms with van der Waals surface area (Å²) >= 11 is 0. The van der Waals surface area contributed by atoms with Crippen LogP contribution in [0.1, 0.15) is 77.3 Å². The lowest BCUT2D eigenvalue weighted by atomic mass is 9.75. The third-order valence-electron chi connectivity index (χ3n) is 8.07. The van der Waals surface area contributed by atoms with E-state index in [9.17, 15) is 19.8 Å². The van der Waals surface area contributed by atoms with Crippen LogP contribution in [0.2, 0.25) is 0 Å². The standard InChI is InChI=1S/C25H26O5/c1-14(2)24-8-9-25(19(24)11-24)10-16(15-6-4-3-5-7-15)20-22(29)17(12-26)21(28)18(13-27)23(20)30-25/h3-7,12-14,16,19,28-29H,8-11H2,1-2H3/t16-,19-,24+,25-/m0/s1. The molecule has 0 unspecified atom stereocenters. The van der Waals surface area contributed by atoms with E-state index in [1.165, 1.54) is 0 Å². The van der Waals surface area contributed by atoms with Crippen molar-refractivity contribution in [1.29, 1.82) is 0 Å². The molecule has 30 heavy (non-hydrogen) atoms. The van der Waals surface area contributed by atoms with Gasteiger partial charge in [-0.05, 0) is 42.6 Å². The Morgan fingerprint density at radius 3 is 2.27 bits per heavy atom. The maximum atomic E-state index is 12.0. The minimum absolute atomic E-state index is 0.0485. The third kappa shape index (κ3) is 2.35. The summed E-state index contributed by atoms with van der Waals surface area (Å²) in [5.41, 5.74) is 0.956. The minimum atomic E-state index is -0.510. The van der Waals surface area contributed by atoms with Gasteiger partial charge in [-0.1, -0.05) is 44.2 Å². The van der Waals surface area contributed by atoms with Crippen LogP contribution in [0.4, 0.5) is 0 Å². The second-order valence-electron chi connectivity index (χ2n) is 9.48. The number of hydrogen-bond acceptors (Lipinski definition) is 5. The molecule has 0 radical (unpaired) electrons. The fraction of sp³-hybridized carbons (Fsp3) is 0.440. The molecule has 3 aliphatic rings. The molecule has 2 saturated carbocycles. The van der Waals surface area contributed by atoms with Gasteiger partial charge in [0.15, 0.2) is 12.6 Å². The first-order chi connectivity index (χ1) is 14.4. The molecule has 0 aromatic heterocycles. The molecule has 1 spiro atoms. The van der Waals surface area contributed by atoms with Gasteiger partial charge in [0.25, 0.3) is 0 Å². The topological polar surface area (TPSA) is 83.8 Å². The number of fused-ring (bicyclic) bond motifs is 3. The van der Waals surface area contributed by atoms with Gasteiger partial charge >= 0.3 is 0 Å². The van der Waals surface area contributed by atoms with Crippen LogP contribution in [0.3, 0.4) is 0 Å². The van der Waals surface area contributed by atoms with Crippen LogP contribution in [-0.4, -0.2) is 28.4 Å². The van der Waals surface area contributed by atoms with E-state index in [0.717, 1.165) is 24.8 Å². The third-order valence-corrected chi connectivity index (χ3v) is 8.07. The Morgan fingerprint density at radius 1 is 1.00 bits per heavy atom. The van der Waals surface area contributed by atoms with E-state index in [0.29, 0.717) is 36.4 Å². The highest BCUT2D eigenvalue weighted by atomic mass is 16.5. The van der Waals surface area contributed by atoms with Crippen LogP contribution in [0.5, 0.6) is 17.2 Å². The average Bonchev–Trinajstić information content (AvgIpc) is 3.43. The lowest BCUT2D eigenvalue weighted by Gasteiger charge is -2.42. The summed E-state index contributed by atoms with van der Waals surface area (Å²) in [6.45, 7) is 4.52. The Labute approximate surface area is 175 Å². The second kappa shape index (κ2) is 6.34. The van der Waals surface area contributed by atoms with Gasteiger partial charge in [-0.2, -0.15) is 0 Å². The molecule has 2 aromatic rings. The number of carbonyl (C=O) groups is 2. The van der Waals surface area contributed by atoms with E-state index in [-0.39, 0.29) is 34.0 Å². The molecule has 1 aliphatic heterocycles. The predicted octanol–water partition coefficient (Wildman–Crippen LogP) is 4.83. The summed E-state index contributed by atoms with van der Waals surface area (Å²) < 4.78 is 6.58. The normalized spacial score (nSPS) is 31.2. The highest BCUT2D eigenvalue weighted by Crippen LogP contribution is 2.74. The molecule has 1 heterocycles. The van der Waals surface area contributed by atoms with Gasteiger partial charge in [0.1, 0.15) is 22.8 Å². The number of carbonyl (C=O) groups excluding carboxylic acids is 2. The Bertz CT molecular complexity index is 1040. The van der Waals surface area contributed by atoms with Crippen LogP contribution in [-0.2, 0) is 0 Å². The fourth-order valence-corrected chi connectivity index (χ4v) is 6.30. The smallest absolute Gasteiger partial charge is 0.157 e. The van der Waals surface area contributed by atoms with E-state index < -0.39 is 11.4 Å². The molecule has 0 saturated heterocycles. The molecule has 5 heteroatoms. The average molecular weight is 406 g/mol. The van der Waals surface area contributed by atoms with Gasteiger partial charge in [0.2, 0.25) is 0 Å². The molecular formula is C25H26O5. The lowest BCUT2D eigenvalue weighted by molar-refractivity contribution is 0.0216. The molecule has 0 bridgehead atoms. The van der Waals surface area contributed by atoms with Crippen molar-refractivity contribution < 1.29 is 24.5 Å². The Hall–Kier alpha value is -2.82. The van der Waals surface area contributed by atoms with Crippen molar-refractivity contribution in [2.24, 2.45) is 17.3 Å². The highest BCUT2D eigenvalue weighted by Gasteiger charge is 2.71.